The summed E-state index contributed by atoms with van der Waals surface area (Å²) in [4.78, 5) is 45.8. The normalized spacial score (nSPS) is 18.6. The van der Waals surface area contributed by atoms with Gasteiger partial charge in [-0.2, -0.15) is 0 Å². The van der Waals surface area contributed by atoms with Crippen LogP contribution in [-0.2, 0) is 14.4 Å². The van der Waals surface area contributed by atoms with Crippen LogP contribution in [0.15, 0.2) is 54.6 Å². The van der Waals surface area contributed by atoms with Gasteiger partial charge in [0.15, 0.2) is 0 Å². The molecule has 1 atom stereocenters. The number of piperazine rings is 1. The van der Waals surface area contributed by atoms with Crippen LogP contribution in [0.2, 0.25) is 0 Å². The zero-order valence-corrected chi connectivity index (χ0v) is 19.2. The monoisotopic (exact) mass is 449 g/mol. The van der Waals surface area contributed by atoms with Crippen molar-refractivity contribution in [1.29, 1.82) is 0 Å². The summed E-state index contributed by atoms with van der Waals surface area (Å²) >= 11 is 0. The van der Waals surface area contributed by atoms with Gasteiger partial charge >= 0.3 is 0 Å². The molecule has 2 aliphatic rings. The van der Waals surface area contributed by atoms with Crippen LogP contribution in [0.25, 0.3) is 0 Å². The Balaban J connectivity index is 1.33. The molecule has 1 saturated heterocycles. The molecule has 8 nitrogen and oxygen atoms in total. The van der Waals surface area contributed by atoms with Crippen molar-refractivity contribution in [3.05, 3.63) is 54.6 Å². The Hall–Kier alpha value is -3.39. The minimum Gasteiger partial charge on any atom is -0.368 e. The van der Waals surface area contributed by atoms with Crippen molar-refractivity contribution in [2.45, 2.75) is 19.4 Å². The van der Waals surface area contributed by atoms with Gasteiger partial charge in [-0.1, -0.05) is 30.3 Å². The highest BCUT2D eigenvalue weighted by molar-refractivity contribution is 6.05. The summed E-state index contributed by atoms with van der Waals surface area (Å²) in [5.41, 5.74) is 2.50. The van der Waals surface area contributed by atoms with E-state index in [-0.39, 0.29) is 43.3 Å². The molecule has 2 aliphatic heterocycles. The number of nitrogens with one attached hydrogen (secondary N) is 1. The topological polar surface area (TPSA) is 76.2 Å². The van der Waals surface area contributed by atoms with Crippen molar-refractivity contribution in [3.8, 4) is 0 Å². The Morgan fingerprint density at radius 2 is 1.58 bits per heavy atom. The molecule has 0 saturated carbocycles. The second kappa shape index (κ2) is 10.0. The lowest BCUT2D eigenvalue weighted by Gasteiger charge is -2.37. The van der Waals surface area contributed by atoms with Crippen LogP contribution in [0.3, 0.4) is 0 Å². The lowest BCUT2D eigenvalue weighted by Crippen LogP contribution is -2.52. The summed E-state index contributed by atoms with van der Waals surface area (Å²) in [5, 5.41) is 2.87. The molecule has 0 aliphatic carbocycles. The molecule has 33 heavy (non-hydrogen) atoms. The van der Waals surface area contributed by atoms with Gasteiger partial charge < -0.3 is 20.0 Å². The standard InChI is InChI=1S/C25H31N5O3/c1-19-16-23(31)26-21-10-6-7-11-22(21)30(19)25(33)18-27(2)17-24(32)29-14-12-28(13-15-29)20-8-4-3-5-9-20/h3-11,19H,12-18H2,1-2H3,(H,26,31)/t19-/m1/s1. The van der Waals surface area contributed by atoms with Crippen LogP contribution in [-0.4, -0.2) is 79.9 Å². The van der Waals surface area contributed by atoms with Crippen LogP contribution >= 0.6 is 0 Å². The molecule has 2 aromatic carbocycles. The van der Waals surface area contributed by atoms with E-state index in [1.807, 2.05) is 48.2 Å². The Bertz CT molecular complexity index is 1000. The number of fused-ring (bicyclic) bond motifs is 1. The highest BCUT2D eigenvalue weighted by Gasteiger charge is 2.30. The van der Waals surface area contributed by atoms with E-state index in [1.54, 1.807) is 22.9 Å². The fraction of sp³-hybridized carbons (Fsp3) is 0.400. The first-order chi connectivity index (χ1) is 15.9. The SMILES string of the molecule is C[C@@H]1CC(=O)Nc2ccccc2N1C(=O)CN(C)CC(=O)N1CCN(c2ccccc2)CC1. The number of carbonyl (C=O) groups excluding carboxylic acids is 3. The van der Waals surface area contributed by atoms with E-state index in [2.05, 4.69) is 22.3 Å². The van der Waals surface area contributed by atoms with Gasteiger partial charge in [0, 0.05) is 44.3 Å². The third-order valence-corrected chi connectivity index (χ3v) is 6.19. The molecule has 174 valence electrons. The molecule has 0 spiro atoms. The predicted octanol–water partition coefficient (Wildman–Crippen LogP) is 2.03. The van der Waals surface area contributed by atoms with E-state index in [9.17, 15) is 14.4 Å². The van der Waals surface area contributed by atoms with E-state index in [0.29, 0.717) is 24.5 Å². The van der Waals surface area contributed by atoms with Crippen molar-refractivity contribution < 1.29 is 14.4 Å². The first-order valence-electron chi connectivity index (χ1n) is 11.4. The van der Waals surface area contributed by atoms with Crippen LogP contribution in [0.4, 0.5) is 17.1 Å². The predicted molar refractivity (Wildman–Crippen MR) is 129 cm³/mol. The van der Waals surface area contributed by atoms with Gasteiger partial charge in [0.25, 0.3) is 0 Å². The number of anilines is 3. The van der Waals surface area contributed by atoms with Gasteiger partial charge in [-0.15, -0.1) is 0 Å². The first-order valence-corrected chi connectivity index (χ1v) is 11.4. The number of amides is 3. The first kappa shape index (κ1) is 22.8. The number of rotatable bonds is 5. The highest BCUT2D eigenvalue weighted by Crippen LogP contribution is 2.31. The number of likely N-dealkylation sites (N-methyl/N-ethyl adjacent to an activating group) is 1. The summed E-state index contributed by atoms with van der Waals surface area (Å²) in [6.45, 7) is 5.07. The number of nitrogens with zero attached hydrogens (tertiary/aromatic N) is 4. The van der Waals surface area contributed by atoms with E-state index in [0.717, 1.165) is 13.1 Å². The molecule has 0 radical (unpaired) electrons. The molecule has 4 rings (SSSR count). The molecule has 2 heterocycles. The Kier molecular flexibility index (Phi) is 6.93. The third-order valence-electron chi connectivity index (χ3n) is 6.19. The molecule has 1 N–H and O–H groups in total. The summed E-state index contributed by atoms with van der Waals surface area (Å²) in [5.74, 6) is -0.210. The lowest BCUT2D eigenvalue weighted by atomic mass is 10.1. The van der Waals surface area contributed by atoms with Crippen LogP contribution in [0, 0.1) is 0 Å². The number of benzene rings is 2. The van der Waals surface area contributed by atoms with Crippen LogP contribution < -0.4 is 15.1 Å². The average Bonchev–Trinajstić information content (AvgIpc) is 2.93. The fourth-order valence-corrected chi connectivity index (χ4v) is 4.51. The molecule has 8 heteroatoms. The third kappa shape index (κ3) is 5.34. The maximum atomic E-state index is 13.2. The van der Waals surface area contributed by atoms with Gasteiger partial charge in [0.2, 0.25) is 17.7 Å². The maximum absolute atomic E-state index is 13.2. The molecule has 0 bridgehead atoms. The van der Waals surface area contributed by atoms with Gasteiger partial charge in [0.05, 0.1) is 24.5 Å². The number of hydrogen-bond donors (Lipinski definition) is 1. The van der Waals surface area contributed by atoms with Crippen molar-refractivity contribution in [1.82, 2.24) is 9.80 Å². The minimum absolute atomic E-state index is 0.0270. The summed E-state index contributed by atoms with van der Waals surface area (Å²) < 4.78 is 0. The Morgan fingerprint density at radius 3 is 2.30 bits per heavy atom. The van der Waals surface area contributed by atoms with Gasteiger partial charge in [-0.3, -0.25) is 19.3 Å². The van der Waals surface area contributed by atoms with Crippen molar-refractivity contribution in [2.75, 3.05) is 61.4 Å². The van der Waals surface area contributed by atoms with Crippen molar-refractivity contribution in [3.63, 3.8) is 0 Å². The summed E-state index contributed by atoms with van der Waals surface area (Å²) in [6.07, 6.45) is 0.231. The zero-order valence-electron chi connectivity index (χ0n) is 19.2. The molecule has 0 unspecified atom stereocenters. The molecule has 2 aromatic rings. The maximum Gasteiger partial charge on any atom is 0.241 e. The van der Waals surface area contributed by atoms with Gasteiger partial charge in [0.1, 0.15) is 0 Å². The van der Waals surface area contributed by atoms with E-state index in [4.69, 9.17) is 0 Å². The average molecular weight is 450 g/mol. The van der Waals surface area contributed by atoms with Crippen LogP contribution in [0.5, 0.6) is 0 Å². The lowest BCUT2D eigenvalue weighted by molar-refractivity contribution is -0.132. The van der Waals surface area contributed by atoms with Gasteiger partial charge in [-0.25, -0.2) is 0 Å². The highest BCUT2D eigenvalue weighted by atomic mass is 16.2. The summed E-state index contributed by atoms with van der Waals surface area (Å²) in [7, 11) is 1.79. The quantitative estimate of drug-likeness (QED) is 0.756. The number of para-hydroxylation sites is 3. The molecular weight excluding hydrogens is 418 g/mol. The smallest absolute Gasteiger partial charge is 0.241 e. The van der Waals surface area contributed by atoms with E-state index >= 15 is 0 Å². The second-order valence-corrected chi connectivity index (χ2v) is 8.76. The largest absolute Gasteiger partial charge is 0.368 e. The van der Waals surface area contributed by atoms with Gasteiger partial charge in [-0.05, 0) is 38.2 Å². The molecular formula is C25H31N5O3. The van der Waals surface area contributed by atoms with Crippen molar-refractivity contribution >= 4 is 34.8 Å². The van der Waals surface area contributed by atoms with Crippen LogP contribution in [0.1, 0.15) is 13.3 Å². The summed E-state index contributed by atoms with van der Waals surface area (Å²) in [6, 6.07) is 17.3. The fourth-order valence-electron chi connectivity index (χ4n) is 4.51. The van der Waals surface area contributed by atoms with E-state index < -0.39 is 0 Å². The second-order valence-electron chi connectivity index (χ2n) is 8.76. The molecule has 0 aromatic heterocycles. The minimum atomic E-state index is -0.267. The number of hydrogen-bond acceptors (Lipinski definition) is 5. The zero-order chi connectivity index (χ0) is 23.4. The Morgan fingerprint density at radius 1 is 0.939 bits per heavy atom. The van der Waals surface area contributed by atoms with E-state index in [1.165, 1.54) is 5.69 Å². The molecule has 3 amide bonds. The Labute approximate surface area is 194 Å². The number of carbonyl (C=O) groups is 3. The molecule has 1 fully saturated rings. The van der Waals surface area contributed by atoms with Crippen molar-refractivity contribution in [2.24, 2.45) is 0 Å².